The van der Waals surface area contributed by atoms with E-state index in [4.69, 9.17) is 0 Å². The molecule has 2 atom stereocenters. The van der Waals surface area contributed by atoms with E-state index >= 15 is 0 Å². The first-order chi connectivity index (χ1) is 7.29. The first-order valence-corrected chi connectivity index (χ1v) is 5.45. The number of hydrogen-bond acceptors (Lipinski definition) is 1. The predicted octanol–water partition coefficient (Wildman–Crippen LogP) is 3.76. The normalized spacial score (nSPS) is 34.1. The van der Waals surface area contributed by atoms with Gasteiger partial charge in [-0.25, -0.2) is 8.78 Å². The van der Waals surface area contributed by atoms with Crippen LogP contribution in [0.5, 0.6) is 0 Å². The SMILES string of the molecule is CC(C)(C)CC1CC(F)(F)C(O)(C(F)(F)F)C1. The fourth-order valence-corrected chi connectivity index (χ4v) is 2.50. The van der Waals surface area contributed by atoms with Crippen LogP contribution in [0.15, 0.2) is 0 Å². The van der Waals surface area contributed by atoms with Crippen molar-refractivity contribution in [2.75, 3.05) is 0 Å². The molecule has 0 heterocycles. The van der Waals surface area contributed by atoms with Gasteiger partial charge >= 0.3 is 6.18 Å². The monoisotopic (exact) mass is 260 g/mol. The van der Waals surface area contributed by atoms with E-state index in [1.807, 2.05) is 0 Å². The van der Waals surface area contributed by atoms with Crippen molar-refractivity contribution in [3.63, 3.8) is 0 Å². The van der Waals surface area contributed by atoms with Crippen molar-refractivity contribution < 1.29 is 27.1 Å². The zero-order valence-corrected chi connectivity index (χ0v) is 10.0. The van der Waals surface area contributed by atoms with Gasteiger partial charge in [-0.15, -0.1) is 0 Å². The lowest BCUT2D eigenvalue weighted by Crippen LogP contribution is -2.55. The van der Waals surface area contributed by atoms with Crippen molar-refractivity contribution in [1.82, 2.24) is 0 Å². The van der Waals surface area contributed by atoms with Crippen LogP contribution in [0.1, 0.15) is 40.0 Å². The molecule has 1 N–H and O–H groups in total. The van der Waals surface area contributed by atoms with E-state index in [1.54, 1.807) is 20.8 Å². The Kier molecular flexibility index (Phi) is 3.28. The fourth-order valence-electron chi connectivity index (χ4n) is 2.50. The lowest BCUT2D eigenvalue weighted by Gasteiger charge is -2.31. The van der Waals surface area contributed by atoms with E-state index in [1.165, 1.54) is 0 Å². The van der Waals surface area contributed by atoms with Gasteiger partial charge in [-0.2, -0.15) is 13.2 Å². The van der Waals surface area contributed by atoms with Crippen LogP contribution in [0.25, 0.3) is 0 Å². The molecule has 0 saturated heterocycles. The van der Waals surface area contributed by atoms with Crippen LogP contribution < -0.4 is 0 Å². The number of rotatable bonds is 1. The standard InChI is InChI=1S/C11H17F5O/c1-8(2,3)4-7-5-9(17,11(14,15)16)10(12,13)6-7/h7,17H,4-6H2,1-3H3. The Morgan fingerprint density at radius 1 is 1.12 bits per heavy atom. The largest absolute Gasteiger partial charge is 0.423 e. The quantitative estimate of drug-likeness (QED) is 0.712. The summed E-state index contributed by atoms with van der Waals surface area (Å²) in [6.07, 6.45) is -6.87. The fraction of sp³-hybridized carbons (Fsp3) is 1.00. The van der Waals surface area contributed by atoms with Crippen LogP contribution in [0.4, 0.5) is 22.0 Å². The van der Waals surface area contributed by atoms with E-state index < -0.39 is 36.5 Å². The molecule has 0 aliphatic heterocycles. The minimum absolute atomic E-state index is 0.237. The molecule has 0 amide bonds. The van der Waals surface area contributed by atoms with Crippen molar-refractivity contribution in [3.05, 3.63) is 0 Å². The second-order valence-electron chi connectivity index (χ2n) is 6.10. The van der Waals surface area contributed by atoms with Gasteiger partial charge in [0, 0.05) is 6.42 Å². The summed E-state index contributed by atoms with van der Waals surface area (Å²) in [5.41, 5.74) is -4.20. The summed E-state index contributed by atoms with van der Waals surface area (Å²) < 4.78 is 64.2. The number of hydrogen-bond donors (Lipinski definition) is 1. The third kappa shape index (κ3) is 2.72. The Morgan fingerprint density at radius 3 is 1.88 bits per heavy atom. The second kappa shape index (κ2) is 3.80. The average Bonchev–Trinajstić information content (AvgIpc) is 2.16. The summed E-state index contributed by atoms with van der Waals surface area (Å²) in [7, 11) is 0. The molecule has 0 bridgehead atoms. The molecule has 1 rings (SSSR count). The Bertz CT molecular complexity index is 291. The maximum Gasteiger partial charge on any atom is 0.423 e. The van der Waals surface area contributed by atoms with Gasteiger partial charge in [-0.05, 0) is 24.2 Å². The predicted molar refractivity (Wildman–Crippen MR) is 52.7 cm³/mol. The Morgan fingerprint density at radius 2 is 1.59 bits per heavy atom. The van der Waals surface area contributed by atoms with E-state index in [9.17, 15) is 27.1 Å². The first kappa shape index (κ1) is 14.7. The van der Waals surface area contributed by atoms with Gasteiger partial charge in [0.2, 0.25) is 5.60 Å². The molecule has 2 unspecified atom stereocenters. The van der Waals surface area contributed by atoms with Crippen molar-refractivity contribution >= 4 is 0 Å². The molecule has 6 heteroatoms. The third-order valence-corrected chi connectivity index (χ3v) is 3.10. The molecular formula is C11H17F5O. The molecule has 1 fully saturated rings. The zero-order valence-electron chi connectivity index (χ0n) is 10.0. The van der Waals surface area contributed by atoms with Crippen LogP contribution in [-0.4, -0.2) is 22.8 Å². The van der Waals surface area contributed by atoms with Crippen molar-refractivity contribution in [2.24, 2.45) is 11.3 Å². The highest BCUT2D eigenvalue weighted by atomic mass is 19.4. The average molecular weight is 260 g/mol. The molecule has 1 nitrogen and oxygen atoms in total. The van der Waals surface area contributed by atoms with Gasteiger partial charge < -0.3 is 5.11 Å². The maximum atomic E-state index is 13.3. The summed E-state index contributed by atoms with van der Waals surface area (Å²) >= 11 is 0. The molecule has 0 aromatic rings. The lowest BCUT2D eigenvalue weighted by molar-refractivity contribution is -0.319. The Labute approximate surface area is 97.0 Å². The van der Waals surface area contributed by atoms with Crippen LogP contribution >= 0.6 is 0 Å². The van der Waals surface area contributed by atoms with Crippen molar-refractivity contribution in [1.29, 1.82) is 0 Å². The summed E-state index contributed by atoms with van der Waals surface area (Å²) in [6, 6.07) is 0. The summed E-state index contributed by atoms with van der Waals surface area (Å²) in [6.45, 7) is 5.32. The number of alkyl halides is 5. The van der Waals surface area contributed by atoms with Gasteiger partial charge in [0.1, 0.15) is 0 Å². The van der Waals surface area contributed by atoms with E-state index in [-0.39, 0.29) is 11.8 Å². The van der Waals surface area contributed by atoms with Gasteiger partial charge in [-0.3, -0.25) is 0 Å². The summed E-state index contributed by atoms with van der Waals surface area (Å²) in [5.74, 6) is -4.90. The third-order valence-electron chi connectivity index (χ3n) is 3.10. The zero-order chi connectivity index (χ0) is 13.7. The molecular weight excluding hydrogens is 243 g/mol. The highest BCUT2D eigenvalue weighted by Gasteiger charge is 2.72. The van der Waals surface area contributed by atoms with Crippen LogP contribution in [-0.2, 0) is 0 Å². The lowest BCUT2D eigenvalue weighted by atomic mass is 9.83. The highest BCUT2D eigenvalue weighted by Crippen LogP contribution is 2.56. The molecule has 0 spiro atoms. The topological polar surface area (TPSA) is 20.2 Å². The van der Waals surface area contributed by atoms with Gasteiger partial charge in [0.25, 0.3) is 5.92 Å². The molecule has 1 aliphatic carbocycles. The number of aliphatic hydroxyl groups is 1. The van der Waals surface area contributed by atoms with Crippen LogP contribution in [0.2, 0.25) is 0 Å². The highest BCUT2D eigenvalue weighted by molar-refractivity contribution is 5.07. The Balaban J connectivity index is 2.91. The Hall–Kier alpha value is -0.390. The van der Waals surface area contributed by atoms with E-state index in [0.29, 0.717) is 0 Å². The summed E-state index contributed by atoms with van der Waals surface area (Å²) in [5, 5.41) is 9.25. The molecule has 17 heavy (non-hydrogen) atoms. The molecule has 1 aliphatic rings. The minimum atomic E-state index is -5.29. The smallest absolute Gasteiger partial charge is 0.376 e. The minimum Gasteiger partial charge on any atom is -0.376 e. The van der Waals surface area contributed by atoms with Gasteiger partial charge in [0.05, 0.1) is 0 Å². The van der Waals surface area contributed by atoms with Crippen molar-refractivity contribution in [3.8, 4) is 0 Å². The molecule has 1 saturated carbocycles. The number of halogens is 5. The van der Waals surface area contributed by atoms with Crippen LogP contribution in [0.3, 0.4) is 0 Å². The van der Waals surface area contributed by atoms with E-state index in [0.717, 1.165) is 0 Å². The van der Waals surface area contributed by atoms with Gasteiger partial charge in [-0.1, -0.05) is 20.8 Å². The molecule has 0 radical (unpaired) electrons. The van der Waals surface area contributed by atoms with Crippen LogP contribution in [0, 0.1) is 11.3 Å². The molecule has 0 aromatic heterocycles. The van der Waals surface area contributed by atoms with Crippen molar-refractivity contribution in [2.45, 2.75) is 57.7 Å². The molecule has 0 aromatic carbocycles. The molecule has 102 valence electrons. The van der Waals surface area contributed by atoms with E-state index in [2.05, 4.69) is 0 Å². The maximum absolute atomic E-state index is 13.3. The summed E-state index contributed by atoms with van der Waals surface area (Å²) in [4.78, 5) is 0. The first-order valence-electron chi connectivity index (χ1n) is 5.45. The second-order valence-corrected chi connectivity index (χ2v) is 6.10. The van der Waals surface area contributed by atoms with Gasteiger partial charge in [0.15, 0.2) is 0 Å².